The highest BCUT2D eigenvalue weighted by Crippen LogP contribution is 2.43. The number of anilines is 2. The van der Waals surface area contributed by atoms with E-state index in [4.69, 9.17) is 28.6 Å². The van der Waals surface area contributed by atoms with E-state index in [2.05, 4.69) is 20.2 Å². The van der Waals surface area contributed by atoms with E-state index in [0.29, 0.717) is 15.8 Å². The van der Waals surface area contributed by atoms with Crippen LogP contribution >= 0.6 is 23.8 Å². The summed E-state index contributed by atoms with van der Waals surface area (Å²) >= 11 is 12.4. The van der Waals surface area contributed by atoms with Crippen molar-refractivity contribution < 1.29 is 14.6 Å². The molecule has 2 aromatic heterocycles. The van der Waals surface area contributed by atoms with Gasteiger partial charge in [0, 0.05) is 36.6 Å². The molecule has 1 aliphatic rings. The Balaban J connectivity index is 1.58. The minimum Gasteiger partial charge on any atom is -0.508 e. The summed E-state index contributed by atoms with van der Waals surface area (Å²) in [5.41, 5.74) is 3.93. The highest BCUT2D eigenvalue weighted by Gasteiger charge is 2.42. The number of methoxy groups -OCH3 is 1. The van der Waals surface area contributed by atoms with Crippen LogP contribution in [0.3, 0.4) is 0 Å². The van der Waals surface area contributed by atoms with Crippen LogP contribution in [0.2, 0.25) is 5.02 Å². The van der Waals surface area contributed by atoms with Gasteiger partial charge in [-0.3, -0.25) is 9.78 Å². The van der Waals surface area contributed by atoms with Crippen molar-refractivity contribution in [2.24, 2.45) is 0 Å². The fourth-order valence-corrected chi connectivity index (χ4v) is 5.06. The predicted molar refractivity (Wildman–Crippen MR) is 147 cm³/mol. The first kappa shape index (κ1) is 24.8. The van der Waals surface area contributed by atoms with E-state index in [1.807, 2.05) is 59.6 Å². The number of pyridine rings is 1. The van der Waals surface area contributed by atoms with Gasteiger partial charge in [-0.05, 0) is 78.9 Å². The Labute approximate surface area is 224 Å². The van der Waals surface area contributed by atoms with E-state index in [1.165, 1.54) is 7.11 Å². The van der Waals surface area contributed by atoms with Crippen molar-refractivity contribution in [3.05, 3.63) is 102 Å². The molecule has 1 aliphatic heterocycles. The first-order valence-corrected chi connectivity index (χ1v) is 12.3. The molecular weight excluding hydrogens is 510 g/mol. The third-order valence-electron chi connectivity index (χ3n) is 6.09. The highest BCUT2D eigenvalue weighted by molar-refractivity contribution is 7.80. The lowest BCUT2D eigenvalue weighted by atomic mass is 10.0. The number of benzene rings is 2. The second-order valence-electron chi connectivity index (χ2n) is 8.46. The van der Waals surface area contributed by atoms with Gasteiger partial charge in [0.1, 0.15) is 18.4 Å². The average molecular weight is 534 g/mol. The van der Waals surface area contributed by atoms with Crippen LogP contribution in [-0.2, 0) is 9.53 Å². The van der Waals surface area contributed by atoms with Crippen LogP contribution in [0.15, 0.2) is 85.2 Å². The molecule has 4 aromatic rings. The second-order valence-corrected chi connectivity index (χ2v) is 9.26. The third-order valence-corrected chi connectivity index (χ3v) is 6.72. The first-order valence-electron chi connectivity index (χ1n) is 11.5. The summed E-state index contributed by atoms with van der Waals surface area (Å²) in [6, 6.07) is 21.7. The Morgan fingerprint density at radius 2 is 1.92 bits per heavy atom. The summed E-state index contributed by atoms with van der Waals surface area (Å²) in [5, 5.41) is 16.9. The fourth-order valence-electron chi connectivity index (χ4n) is 4.49. The number of aromatic hydroxyl groups is 1. The topological polar surface area (TPSA) is 91.7 Å². The molecule has 0 saturated carbocycles. The summed E-state index contributed by atoms with van der Waals surface area (Å²) in [6.07, 6.45) is 3.73. The zero-order valence-corrected chi connectivity index (χ0v) is 21.4. The van der Waals surface area contributed by atoms with Crippen molar-refractivity contribution in [2.75, 3.05) is 23.9 Å². The number of halogens is 1. The van der Waals surface area contributed by atoms with Crippen LogP contribution in [0.4, 0.5) is 11.4 Å². The van der Waals surface area contributed by atoms with Gasteiger partial charge < -0.3 is 29.9 Å². The zero-order chi connectivity index (χ0) is 25.9. The van der Waals surface area contributed by atoms with Gasteiger partial charge in [0.15, 0.2) is 5.11 Å². The Hall–Kier alpha value is -3.92. The van der Waals surface area contributed by atoms with E-state index >= 15 is 0 Å². The molecule has 2 aromatic carbocycles. The number of hydrogen-bond donors (Lipinski definition) is 3. The molecule has 10 heteroatoms. The van der Waals surface area contributed by atoms with Gasteiger partial charge in [-0.2, -0.15) is 0 Å². The van der Waals surface area contributed by atoms with Gasteiger partial charge in [-0.1, -0.05) is 17.7 Å². The molecule has 2 atom stereocenters. The van der Waals surface area contributed by atoms with Gasteiger partial charge >= 0.3 is 0 Å². The number of rotatable bonds is 7. The molecule has 8 nitrogen and oxygen atoms in total. The number of hydrogen-bond acceptors (Lipinski definition) is 5. The number of ether oxygens (including phenoxy) is 1. The van der Waals surface area contributed by atoms with Gasteiger partial charge in [-0.25, -0.2) is 0 Å². The van der Waals surface area contributed by atoms with Gasteiger partial charge in [-0.15, -0.1) is 0 Å². The molecule has 0 unspecified atom stereocenters. The van der Waals surface area contributed by atoms with Crippen molar-refractivity contribution >= 4 is 46.2 Å². The van der Waals surface area contributed by atoms with Crippen molar-refractivity contribution in [3.63, 3.8) is 0 Å². The summed E-state index contributed by atoms with van der Waals surface area (Å²) in [6.45, 7) is -0.0692. The smallest absolute Gasteiger partial charge is 0.250 e. The summed E-state index contributed by atoms with van der Waals surface area (Å²) in [7, 11) is 1.46. The zero-order valence-electron chi connectivity index (χ0n) is 19.8. The van der Waals surface area contributed by atoms with E-state index in [1.54, 1.807) is 30.5 Å². The quantitative estimate of drug-likeness (QED) is 0.288. The lowest BCUT2D eigenvalue weighted by Crippen LogP contribution is -2.30. The number of amides is 1. The molecule has 0 spiro atoms. The maximum absolute atomic E-state index is 12.0. The van der Waals surface area contributed by atoms with Crippen LogP contribution < -0.4 is 15.5 Å². The number of carbonyl (C=O) groups excluding carboxylic acids is 1. The first-order chi connectivity index (χ1) is 18.0. The maximum atomic E-state index is 12.0. The number of phenolic OH excluding ortho intramolecular Hbond substituents is 1. The van der Waals surface area contributed by atoms with Crippen LogP contribution in [-0.4, -0.2) is 39.4 Å². The van der Waals surface area contributed by atoms with Gasteiger partial charge in [0.25, 0.3) is 0 Å². The predicted octanol–water partition coefficient (Wildman–Crippen LogP) is 4.99. The number of aromatic nitrogens is 2. The molecule has 3 N–H and O–H groups in total. The summed E-state index contributed by atoms with van der Waals surface area (Å²) < 4.78 is 6.95. The molecule has 3 heterocycles. The van der Waals surface area contributed by atoms with E-state index in [0.717, 1.165) is 22.8 Å². The molecule has 1 fully saturated rings. The molecular formula is C27H24ClN5O3S. The fraction of sp³-hybridized carbons (Fsp3) is 0.148. The molecule has 1 amide bonds. The largest absolute Gasteiger partial charge is 0.508 e. The third kappa shape index (κ3) is 5.01. The monoisotopic (exact) mass is 533 g/mol. The minimum atomic E-state index is -0.296. The van der Waals surface area contributed by atoms with Gasteiger partial charge in [0.05, 0.1) is 22.4 Å². The molecule has 188 valence electrons. The van der Waals surface area contributed by atoms with Crippen molar-refractivity contribution in [3.8, 4) is 11.4 Å². The van der Waals surface area contributed by atoms with E-state index in [9.17, 15) is 9.90 Å². The van der Waals surface area contributed by atoms with Crippen LogP contribution in [0.1, 0.15) is 23.5 Å². The molecule has 37 heavy (non-hydrogen) atoms. The van der Waals surface area contributed by atoms with Crippen molar-refractivity contribution in [1.29, 1.82) is 0 Å². The van der Waals surface area contributed by atoms with Crippen molar-refractivity contribution in [2.45, 2.75) is 12.1 Å². The number of thiocarbonyl (C=S) groups is 1. The minimum absolute atomic E-state index is 0.0692. The number of nitrogens with one attached hydrogen (secondary N) is 2. The van der Waals surface area contributed by atoms with Crippen molar-refractivity contribution in [1.82, 2.24) is 14.9 Å². The van der Waals surface area contributed by atoms with E-state index in [-0.39, 0.29) is 30.3 Å². The van der Waals surface area contributed by atoms with Crippen LogP contribution in [0, 0.1) is 0 Å². The Kier molecular flexibility index (Phi) is 7.09. The number of nitrogens with zero attached hydrogens (tertiary/aromatic N) is 3. The Bertz CT molecular complexity index is 1430. The summed E-state index contributed by atoms with van der Waals surface area (Å²) in [4.78, 5) is 18.6. The van der Waals surface area contributed by atoms with Crippen LogP contribution in [0.5, 0.6) is 5.75 Å². The molecule has 0 radical (unpaired) electrons. The molecule has 0 bridgehead atoms. The molecule has 1 saturated heterocycles. The lowest BCUT2D eigenvalue weighted by molar-refractivity contribution is -0.119. The number of phenols is 1. The Morgan fingerprint density at radius 1 is 1.14 bits per heavy atom. The SMILES string of the molecule is COCC(=O)Nc1ccc(N2C(=S)N[C@@H](c3ccccn3)[C@H]2c2cccn2-c2ccc(O)cc2)cc1Cl. The van der Waals surface area contributed by atoms with Gasteiger partial charge in [0.2, 0.25) is 5.91 Å². The highest BCUT2D eigenvalue weighted by atomic mass is 35.5. The summed E-state index contributed by atoms with van der Waals surface area (Å²) in [5.74, 6) is -0.100. The lowest BCUT2D eigenvalue weighted by Gasteiger charge is -2.29. The maximum Gasteiger partial charge on any atom is 0.250 e. The number of carbonyl (C=O) groups is 1. The average Bonchev–Trinajstić information content (AvgIpc) is 3.51. The molecule has 5 rings (SSSR count). The van der Waals surface area contributed by atoms with E-state index < -0.39 is 0 Å². The normalized spacial score (nSPS) is 17.0. The molecule has 0 aliphatic carbocycles. The van der Waals surface area contributed by atoms with Crippen LogP contribution in [0.25, 0.3) is 5.69 Å². The second kappa shape index (κ2) is 10.6. The standard InChI is InChI=1S/C27H24ClN5O3S/c1-36-16-24(35)30-21-12-9-18(15-20(21)28)33-26(25(31-27(33)37)22-5-2-3-13-29-22)23-6-4-14-32(23)17-7-10-19(34)11-8-17/h2-15,25-26,34H,16H2,1H3,(H,30,35)(H,31,37)/t25-,26+/m0/s1. The Morgan fingerprint density at radius 3 is 2.62 bits per heavy atom.